The maximum atomic E-state index is 11.6. The van der Waals surface area contributed by atoms with Gasteiger partial charge in [-0.15, -0.1) is 11.6 Å². The molecule has 2 aromatic carbocycles. The lowest BCUT2D eigenvalue weighted by Gasteiger charge is -2.35. The lowest BCUT2D eigenvalue weighted by molar-refractivity contribution is -0.128. The number of hydrogen-bond acceptors (Lipinski definition) is 3. The highest BCUT2D eigenvalue weighted by Gasteiger charge is 2.20. The quantitative estimate of drug-likeness (QED) is 0.767. The minimum Gasteiger partial charge on any atom is -0.489 e. The molecule has 1 aliphatic rings. The zero-order valence-electron chi connectivity index (χ0n) is 14.5. The molecule has 0 spiro atoms. The van der Waals surface area contributed by atoms with Gasteiger partial charge in [-0.1, -0.05) is 29.8 Å². The molecule has 0 saturated carbocycles. The van der Waals surface area contributed by atoms with Gasteiger partial charge in [0, 0.05) is 31.9 Å². The Balaban J connectivity index is 1.52. The molecule has 5 heteroatoms. The van der Waals surface area contributed by atoms with Gasteiger partial charge in [0.05, 0.1) is 0 Å². The van der Waals surface area contributed by atoms with Crippen molar-refractivity contribution in [2.45, 2.75) is 13.5 Å². The van der Waals surface area contributed by atoms with Crippen molar-refractivity contribution < 1.29 is 9.53 Å². The number of alkyl halides is 1. The summed E-state index contributed by atoms with van der Waals surface area (Å²) in [5.41, 5.74) is 3.57. The first kappa shape index (κ1) is 17.6. The molecule has 0 unspecified atom stereocenters. The van der Waals surface area contributed by atoms with Gasteiger partial charge in [-0.2, -0.15) is 0 Å². The van der Waals surface area contributed by atoms with Crippen molar-refractivity contribution in [1.29, 1.82) is 0 Å². The molecule has 0 bridgehead atoms. The highest BCUT2D eigenvalue weighted by Crippen LogP contribution is 2.21. The topological polar surface area (TPSA) is 32.8 Å². The molecule has 3 rings (SSSR count). The Morgan fingerprint density at radius 1 is 1.00 bits per heavy atom. The van der Waals surface area contributed by atoms with E-state index >= 15 is 0 Å². The third kappa shape index (κ3) is 4.67. The summed E-state index contributed by atoms with van der Waals surface area (Å²) in [6.45, 7) is 5.74. The van der Waals surface area contributed by atoms with Crippen LogP contribution in [0.15, 0.2) is 48.5 Å². The Labute approximate surface area is 154 Å². The second kappa shape index (κ2) is 8.26. The fourth-order valence-corrected chi connectivity index (χ4v) is 3.07. The molecule has 1 amide bonds. The summed E-state index contributed by atoms with van der Waals surface area (Å²) in [6.07, 6.45) is 0. The van der Waals surface area contributed by atoms with Gasteiger partial charge in [0.1, 0.15) is 18.2 Å². The number of halogens is 1. The summed E-state index contributed by atoms with van der Waals surface area (Å²) < 4.78 is 5.85. The highest BCUT2D eigenvalue weighted by molar-refractivity contribution is 6.27. The lowest BCUT2D eigenvalue weighted by atomic mass is 10.2. The zero-order chi connectivity index (χ0) is 17.6. The second-order valence-electron chi connectivity index (χ2n) is 6.27. The average Bonchev–Trinajstić information content (AvgIpc) is 2.67. The molecule has 1 heterocycles. The van der Waals surface area contributed by atoms with Crippen LogP contribution in [0.3, 0.4) is 0 Å². The first-order chi connectivity index (χ1) is 12.2. The smallest absolute Gasteiger partial charge is 0.237 e. The maximum absolute atomic E-state index is 11.6. The van der Waals surface area contributed by atoms with Crippen molar-refractivity contribution in [2.75, 3.05) is 37.0 Å². The Morgan fingerprint density at radius 3 is 2.24 bits per heavy atom. The molecule has 1 aliphatic heterocycles. The Kier molecular flexibility index (Phi) is 5.82. The number of hydrogen-bond donors (Lipinski definition) is 0. The fraction of sp³-hybridized carbons (Fsp3) is 0.350. The number of rotatable bonds is 5. The zero-order valence-corrected chi connectivity index (χ0v) is 15.2. The van der Waals surface area contributed by atoms with Crippen molar-refractivity contribution in [2.24, 2.45) is 0 Å². The van der Waals surface area contributed by atoms with Gasteiger partial charge in [0.15, 0.2) is 0 Å². The van der Waals surface area contributed by atoms with Crippen LogP contribution in [-0.2, 0) is 11.4 Å². The lowest BCUT2D eigenvalue weighted by Crippen LogP contribution is -2.49. The molecule has 132 valence electrons. The molecular weight excluding hydrogens is 336 g/mol. The van der Waals surface area contributed by atoms with E-state index in [0.717, 1.165) is 43.2 Å². The molecule has 1 saturated heterocycles. The summed E-state index contributed by atoms with van der Waals surface area (Å²) in [5.74, 6) is 0.939. The van der Waals surface area contributed by atoms with E-state index in [0.29, 0.717) is 6.61 Å². The number of nitrogens with zero attached hydrogens (tertiary/aromatic N) is 2. The van der Waals surface area contributed by atoms with Gasteiger partial charge in [0.2, 0.25) is 5.91 Å². The predicted octanol–water partition coefficient (Wildman–Crippen LogP) is 3.46. The highest BCUT2D eigenvalue weighted by atomic mass is 35.5. The molecule has 0 atom stereocenters. The summed E-state index contributed by atoms with van der Waals surface area (Å²) in [4.78, 5) is 15.7. The van der Waals surface area contributed by atoms with Crippen LogP contribution in [0.2, 0.25) is 0 Å². The molecule has 25 heavy (non-hydrogen) atoms. The minimum absolute atomic E-state index is 0.0150. The minimum atomic E-state index is 0.0150. The largest absolute Gasteiger partial charge is 0.489 e. The predicted molar refractivity (Wildman–Crippen MR) is 101 cm³/mol. The van der Waals surface area contributed by atoms with E-state index < -0.39 is 0 Å². The van der Waals surface area contributed by atoms with Gasteiger partial charge in [-0.25, -0.2) is 0 Å². The summed E-state index contributed by atoms with van der Waals surface area (Å²) in [6, 6.07) is 16.5. The molecular formula is C20H23ClN2O2. The average molecular weight is 359 g/mol. The van der Waals surface area contributed by atoms with E-state index in [2.05, 4.69) is 48.2 Å². The van der Waals surface area contributed by atoms with E-state index in [9.17, 15) is 4.79 Å². The first-order valence-corrected chi connectivity index (χ1v) is 9.06. The number of ether oxygens (including phenoxy) is 1. The van der Waals surface area contributed by atoms with E-state index in [-0.39, 0.29) is 11.8 Å². The monoisotopic (exact) mass is 358 g/mol. The maximum Gasteiger partial charge on any atom is 0.237 e. The SMILES string of the molecule is Cc1ccc(COc2ccc(N3CCN(C(=O)CCl)CC3)cc2)cc1. The molecule has 0 N–H and O–H groups in total. The van der Waals surface area contributed by atoms with Crippen LogP contribution in [0.25, 0.3) is 0 Å². The summed E-state index contributed by atoms with van der Waals surface area (Å²) >= 11 is 5.62. The molecule has 1 fully saturated rings. The number of aryl methyl sites for hydroxylation is 1. The van der Waals surface area contributed by atoms with Crippen molar-refractivity contribution >= 4 is 23.2 Å². The van der Waals surface area contributed by atoms with Gasteiger partial charge < -0.3 is 14.5 Å². The second-order valence-corrected chi connectivity index (χ2v) is 6.54. The standard InChI is InChI=1S/C20H23ClN2O2/c1-16-2-4-17(5-3-16)15-25-19-8-6-18(7-9-19)22-10-12-23(13-11-22)20(24)14-21/h2-9H,10-15H2,1H3. The van der Waals surface area contributed by atoms with Crippen LogP contribution in [0.1, 0.15) is 11.1 Å². The number of piperazine rings is 1. The molecule has 0 radical (unpaired) electrons. The number of carbonyl (C=O) groups excluding carboxylic acids is 1. The van der Waals surface area contributed by atoms with Crippen LogP contribution >= 0.6 is 11.6 Å². The number of carbonyl (C=O) groups is 1. The van der Waals surface area contributed by atoms with Crippen LogP contribution in [0, 0.1) is 6.92 Å². The van der Waals surface area contributed by atoms with E-state index in [4.69, 9.17) is 16.3 Å². The number of benzene rings is 2. The van der Waals surface area contributed by atoms with E-state index in [1.54, 1.807) is 0 Å². The van der Waals surface area contributed by atoms with Crippen molar-refractivity contribution in [3.8, 4) is 5.75 Å². The van der Waals surface area contributed by atoms with Crippen LogP contribution in [0.4, 0.5) is 5.69 Å². The fourth-order valence-electron chi connectivity index (χ4n) is 2.90. The number of anilines is 1. The third-order valence-corrected chi connectivity index (χ3v) is 4.70. The van der Waals surface area contributed by atoms with Gasteiger partial charge in [-0.3, -0.25) is 4.79 Å². The van der Waals surface area contributed by atoms with Crippen molar-refractivity contribution in [1.82, 2.24) is 4.90 Å². The Hall–Kier alpha value is -2.20. The summed E-state index contributed by atoms with van der Waals surface area (Å²) in [5, 5.41) is 0. The van der Waals surface area contributed by atoms with Gasteiger partial charge in [-0.05, 0) is 36.8 Å². The molecule has 2 aromatic rings. The normalized spacial score (nSPS) is 14.5. The van der Waals surface area contributed by atoms with Crippen molar-refractivity contribution in [3.63, 3.8) is 0 Å². The van der Waals surface area contributed by atoms with Crippen molar-refractivity contribution in [3.05, 3.63) is 59.7 Å². The molecule has 0 aromatic heterocycles. The van der Waals surface area contributed by atoms with Gasteiger partial charge in [0.25, 0.3) is 0 Å². The van der Waals surface area contributed by atoms with E-state index in [1.807, 2.05) is 17.0 Å². The van der Waals surface area contributed by atoms with Gasteiger partial charge >= 0.3 is 0 Å². The van der Waals surface area contributed by atoms with Crippen LogP contribution in [-0.4, -0.2) is 42.9 Å². The molecule has 4 nitrogen and oxygen atoms in total. The Morgan fingerprint density at radius 2 is 1.64 bits per heavy atom. The third-order valence-electron chi connectivity index (χ3n) is 4.47. The van der Waals surface area contributed by atoms with Crippen LogP contribution in [0.5, 0.6) is 5.75 Å². The first-order valence-electron chi connectivity index (χ1n) is 8.53. The summed E-state index contributed by atoms with van der Waals surface area (Å²) in [7, 11) is 0. The van der Waals surface area contributed by atoms with E-state index in [1.165, 1.54) is 5.56 Å². The van der Waals surface area contributed by atoms with Crippen LogP contribution < -0.4 is 9.64 Å². The molecule has 0 aliphatic carbocycles. The Bertz CT molecular complexity index is 693. The number of amides is 1.